The van der Waals surface area contributed by atoms with Gasteiger partial charge >= 0.3 is 0 Å². The van der Waals surface area contributed by atoms with Crippen LogP contribution in [0.1, 0.15) is 5.56 Å². The van der Waals surface area contributed by atoms with E-state index in [-0.39, 0.29) is 29.4 Å². The first-order valence-corrected chi connectivity index (χ1v) is 10.9. The number of nitrogens with one attached hydrogen (secondary N) is 1. The van der Waals surface area contributed by atoms with Gasteiger partial charge in [-0.2, -0.15) is 9.41 Å². The first kappa shape index (κ1) is 20.8. The smallest absolute Gasteiger partial charge is 0.295 e. The summed E-state index contributed by atoms with van der Waals surface area (Å²) in [6, 6.07) is 13.0. The molecule has 0 bridgehead atoms. The summed E-state index contributed by atoms with van der Waals surface area (Å²) in [4.78, 5) is 15.0. The van der Waals surface area contributed by atoms with Crippen LogP contribution in [-0.4, -0.2) is 55.1 Å². The lowest BCUT2D eigenvalue weighted by molar-refractivity contribution is -0.384. The molecule has 1 saturated heterocycles. The van der Waals surface area contributed by atoms with E-state index >= 15 is 0 Å². The minimum atomic E-state index is -3.84. The van der Waals surface area contributed by atoms with Crippen LogP contribution in [0.25, 0.3) is 10.9 Å². The van der Waals surface area contributed by atoms with Crippen molar-refractivity contribution in [3.05, 3.63) is 70.4 Å². The molecule has 0 aliphatic carbocycles. The Hall–Kier alpha value is -3.41. The minimum absolute atomic E-state index is 0.0876. The number of hydrogen-bond acceptors (Lipinski definition) is 8. The van der Waals surface area contributed by atoms with E-state index < -0.39 is 14.9 Å². The number of fused-ring (bicyclic) bond motifs is 1. The molecule has 2 heterocycles. The van der Waals surface area contributed by atoms with E-state index in [1.165, 1.54) is 22.7 Å². The van der Waals surface area contributed by atoms with Crippen molar-refractivity contribution in [2.75, 3.05) is 31.7 Å². The van der Waals surface area contributed by atoms with E-state index in [0.29, 0.717) is 13.2 Å². The highest BCUT2D eigenvalue weighted by Crippen LogP contribution is 2.29. The number of rotatable bonds is 6. The van der Waals surface area contributed by atoms with Gasteiger partial charge in [-0.1, -0.05) is 12.1 Å². The number of hydrogen-bond donors (Lipinski definition) is 1. The van der Waals surface area contributed by atoms with Gasteiger partial charge in [0.15, 0.2) is 0 Å². The summed E-state index contributed by atoms with van der Waals surface area (Å²) >= 11 is 0. The molecule has 1 aliphatic heterocycles. The number of hydrazone groups is 1. The van der Waals surface area contributed by atoms with Crippen LogP contribution < -0.4 is 5.43 Å². The van der Waals surface area contributed by atoms with E-state index in [9.17, 15) is 18.5 Å². The van der Waals surface area contributed by atoms with Gasteiger partial charge in [0, 0.05) is 30.7 Å². The fraction of sp³-hybridized carbons (Fsp3) is 0.200. The predicted octanol–water partition coefficient (Wildman–Crippen LogP) is 2.61. The predicted molar refractivity (Wildman–Crippen MR) is 116 cm³/mol. The SMILES string of the molecule is O=[N+]([O-])c1cc(S(=O)(=O)N2CCOCC2)ccc1NN=Cc1ccc2ncccc2c1. The summed E-state index contributed by atoms with van der Waals surface area (Å²) in [5.41, 5.74) is 3.97. The first-order chi connectivity index (χ1) is 14.9. The molecule has 11 heteroatoms. The third kappa shape index (κ3) is 4.53. The fourth-order valence-corrected chi connectivity index (χ4v) is 4.63. The minimum Gasteiger partial charge on any atom is -0.379 e. The molecule has 4 rings (SSSR count). The highest BCUT2D eigenvalue weighted by atomic mass is 32.2. The summed E-state index contributed by atoms with van der Waals surface area (Å²) < 4.78 is 32.0. The van der Waals surface area contributed by atoms with Crippen molar-refractivity contribution in [2.45, 2.75) is 4.90 Å². The van der Waals surface area contributed by atoms with Crippen LogP contribution in [0.15, 0.2) is 64.7 Å². The van der Waals surface area contributed by atoms with Crippen LogP contribution in [0.4, 0.5) is 11.4 Å². The van der Waals surface area contributed by atoms with Crippen LogP contribution >= 0.6 is 0 Å². The van der Waals surface area contributed by atoms with Crippen molar-refractivity contribution in [3.8, 4) is 0 Å². The van der Waals surface area contributed by atoms with E-state index in [4.69, 9.17) is 4.74 Å². The molecular formula is C20H19N5O5S. The molecule has 0 unspecified atom stereocenters. The Labute approximate surface area is 178 Å². The highest BCUT2D eigenvalue weighted by Gasteiger charge is 2.28. The number of nitrogens with zero attached hydrogens (tertiary/aromatic N) is 4. The molecule has 3 aromatic rings. The quantitative estimate of drug-likeness (QED) is 0.354. The van der Waals surface area contributed by atoms with Crippen molar-refractivity contribution < 1.29 is 18.1 Å². The number of benzene rings is 2. The second-order valence-electron chi connectivity index (χ2n) is 6.78. The van der Waals surface area contributed by atoms with Crippen molar-refractivity contribution in [2.24, 2.45) is 5.10 Å². The Morgan fingerprint density at radius 2 is 1.97 bits per heavy atom. The average molecular weight is 441 g/mol. The van der Waals surface area contributed by atoms with Gasteiger partial charge < -0.3 is 4.74 Å². The molecule has 1 aliphatic rings. The summed E-state index contributed by atoms with van der Waals surface area (Å²) in [7, 11) is -3.84. The van der Waals surface area contributed by atoms with E-state index in [1.807, 2.05) is 30.3 Å². The number of aromatic nitrogens is 1. The van der Waals surface area contributed by atoms with Gasteiger partial charge in [0.2, 0.25) is 10.0 Å². The maximum absolute atomic E-state index is 12.8. The van der Waals surface area contributed by atoms with Crippen molar-refractivity contribution >= 4 is 38.5 Å². The summed E-state index contributed by atoms with van der Waals surface area (Å²) in [5, 5.41) is 16.5. The summed E-state index contributed by atoms with van der Waals surface area (Å²) in [6.07, 6.45) is 3.23. The molecule has 10 nitrogen and oxygen atoms in total. The van der Waals surface area contributed by atoms with Crippen molar-refractivity contribution in [1.82, 2.24) is 9.29 Å². The summed E-state index contributed by atoms with van der Waals surface area (Å²) in [6.45, 7) is 1.00. The number of nitro groups is 1. The number of anilines is 1. The number of pyridine rings is 1. The number of ether oxygens (including phenoxy) is 1. The Bertz CT molecular complexity index is 1260. The summed E-state index contributed by atoms with van der Waals surface area (Å²) in [5.74, 6) is 0. The van der Waals surface area contributed by atoms with Gasteiger partial charge in [0.25, 0.3) is 5.69 Å². The Balaban J connectivity index is 1.56. The molecule has 0 amide bonds. The van der Waals surface area contributed by atoms with E-state index in [2.05, 4.69) is 15.5 Å². The Morgan fingerprint density at radius 3 is 2.74 bits per heavy atom. The molecule has 1 N–H and O–H groups in total. The number of sulfonamides is 1. The van der Waals surface area contributed by atoms with Crippen molar-refractivity contribution in [1.29, 1.82) is 0 Å². The number of morpholine rings is 1. The standard InChI is InChI=1S/C20H19N5O5S/c26-25(27)20-13-17(31(28,29)24-8-10-30-11-9-24)4-6-19(20)23-22-14-15-3-5-18-16(12-15)2-1-7-21-18/h1-7,12-14,23H,8-11H2. The number of nitro benzene ring substituents is 1. The monoisotopic (exact) mass is 441 g/mol. The molecule has 1 fully saturated rings. The van der Waals surface area contributed by atoms with Crippen LogP contribution in [0.2, 0.25) is 0 Å². The molecule has 0 spiro atoms. The third-order valence-corrected chi connectivity index (χ3v) is 6.69. The van der Waals surface area contributed by atoms with Crippen LogP contribution in [0.5, 0.6) is 0 Å². The topological polar surface area (TPSA) is 127 Å². The van der Waals surface area contributed by atoms with Gasteiger partial charge in [-0.15, -0.1) is 0 Å². The maximum Gasteiger partial charge on any atom is 0.295 e. The molecule has 0 saturated carbocycles. The fourth-order valence-electron chi connectivity index (χ4n) is 3.20. The third-order valence-electron chi connectivity index (χ3n) is 4.80. The normalized spacial score (nSPS) is 15.4. The second kappa shape index (κ2) is 8.76. The molecular weight excluding hydrogens is 422 g/mol. The lowest BCUT2D eigenvalue weighted by Gasteiger charge is -2.26. The van der Waals surface area contributed by atoms with E-state index in [0.717, 1.165) is 22.5 Å². The Kier molecular flexibility index (Phi) is 5.89. The zero-order valence-corrected chi connectivity index (χ0v) is 17.2. The van der Waals surface area contributed by atoms with Gasteiger partial charge in [-0.25, -0.2) is 8.42 Å². The average Bonchev–Trinajstić information content (AvgIpc) is 2.79. The molecule has 31 heavy (non-hydrogen) atoms. The molecule has 0 atom stereocenters. The molecule has 2 aromatic carbocycles. The van der Waals surface area contributed by atoms with Crippen LogP contribution in [0, 0.1) is 10.1 Å². The first-order valence-electron chi connectivity index (χ1n) is 9.45. The van der Waals surface area contributed by atoms with Gasteiger partial charge in [-0.05, 0) is 35.9 Å². The molecule has 0 radical (unpaired) electrons. The zero-order valence-electron chi connectivity index (χ0n) is 16.3. The lowest BCUT2D eigenvalue weighted by atomic mass is 10.1. The van der Waals surface area contributed by atoms with E-state index in [1.54, 1.807) is 6.20 Å². The van der Waals surface area contributed by atoms with Gasteiger partial charge in [0.1, 0.15) is 5.69 Å². The highest BCUT2D eigenvalue weighted by molar-refractivity contribution is 7.89. The van der Waals surface area contributed by atoms with Gasteiger partial charge in [-0.3, -0.25) is 20.5 Å². The molecule has 1 aromatic heterocycles. The second-order valence-corrected chi connectivity index (χ2v) is 8.72. The van der Waals surface area contributed by atoms with Gasteiger partial charge in [0.05, 0.1) is 34.8 Å². The zero-order chi connectivity index (χ0) is 21.8. The maximum atomic E-state index is 12.8. The Morgan fingerprint density at radius 1 is 1.16 bits per heavy atom. The largest absolute Gasteiger partial charge is 0.379 e. The lowest BCUT2D eigenvalue weighted by Crippen LogP contribution is -2.40. The molecule has 160 valence electrons. The van der Waals surface area contributed by atoms with Crippen LogP contribution in [-0.2, 0) is 14.8 Å². The van der Waals surface area contributed by atoms with Crippen LogP contribution in [0.3, 0.4) is 0 Å². The van der Waals surface area contributed by atoms with Crippen molar-refractivity contribution in [3.63, 3.8) is 0 Å².